The molecule has 0 aliphatic rings. The summed E-state index contributed by atoms with van der Waals surface area (Å²) in [5.74, 6) is 1.27. The minimum Gasteiger partial charge on any atom is -0.493 e. The Bertz CT molecular complexity index is 641. The molecule has 0 spiro atoms. The molecule has 0 fully saturated rings. The van der Waals surface area contributed by atoms with E-state index < -0.39 is 0 Å². The highest BCUT2D eigenvalue weighted by Gasteiger charge is 2.10. The maximum Gasteiger partial charge on any atom is 0.214 e. The maximum atomic E-state index is 6.23. The van der Waals surface area contributed by atoms with E-state index in [9.17, 15) is 0 Å². The number of nitrogens with one attached hydrogen (secondary N) is 2. The lowest BCUT2D eigenvalue weighted by Gasteiger charge is -2.13. The van der Waals surface area contributed by atoms with Gasteiger partial charge < -0.3 is 14.9 Å². The summed E-state index contributed by atoms with van der Waals surface area (Å²) < 4.78 is 12.9. The second-order valence-electron chi connectivity index (χ2n) is 3.89. The van der Waals surface area contributed by atoms with E-state index in [1.807, 2.05) is 13.0 Å². The van der Waals surface area contributed by atoms with Crippen LogP contribution in [0.15, 0.2) is 18.5 Å². The van der Waals surface area contributed by atoms with E-state index in [1.165, 1.54) is 0 Å². The molecule has 8 heteroatoms. The number of H-pyrrole nitrogens is 1. The first kappa shape index (κ1) is 14.7. The summed E-state index contributed by atoms with van der Waals surface area (Å²) in [6, 6.07) is 3.58. The Hall–Kier alpha value is -1.73. The Labute approximate surface area is 126 Å². The van der Waals surface area contributed by atoms with Gasteiger partial charge in [-0.2, -0.15) is 5.10 Å². The number of halogens is 1. The highest BCUT2D eigenvalue weighted by Crippen LogP contribution is 2.33. The van der Waals surface area contributed by atoms with Crippen LogP contribution in [0.4, 0.5) is 0 Å². The van der Waals surface area contributed by atoms with Gasteiger partial charge in [-0.3, -0.25) is 5.10 Å². The summed E-state index contributed by atoms with van der Waals surface area (Å²) in [5, 5.41) is 7.07. The molecule has 0 aliphatic carbocycles. The molecule has 2 rings (SSSR count). The fourth-order valence-electron chi connectivity index (χ4n) is 1.67. The van der Waals surface area contributed by atoms with Crippen molar-refractivity contribution in [2.24, 2.45) is 0 Å². The second-order valence-corrected chi connectivity index (χ2v) is 4.69. The topological polar surface area (TPSA) is 64.1 Å². The Balaban J connectivity index is 2.20. The Kier molecular flexibility index (Phi) is 4.86. The van der Waals surface area contributed by atoms with E-state index in [4.69, 9.17) is 33.3 Å². The third kappa shape index (κ3) is 3.23. The highest BCUT2D eigenvalue weighted by atomic mass is 35.5. The smallest absolute Gasteiger partial charge is 0.214 e. The third-order valence-corrected chi connectivity index (χ3v) is 3.26. The number of nitrogens with zero attached hydrogens (tertiary/aromatic N) is 2. The predicted molar refractivity (Wildman–Crippen MR) is 79.6 cm³/mol. The maximum absolute atomic E-state index is 6.23. The van der Waals surface area contributed by atoms with Crippen molar-refractivity contribution >= 4 is 23.8 Å². The van der Waals surface area contributed by atoms with Gasteiger partial charge in [0.15, 0.2) is 11.5 Å². The van der Waals surface area contributed by atoms with Crippen LogP contribution in [0, 0.1) is 4.77 Å². The number of aromatic nitrogens is 3. The zero-order chi connectivity index (χ0) is 14.5. The first-order chi connectivity index (χ1) is 9.65. The van der Waals surface area contributed by atoms with E-state index in [1.54, 1.807) is 24.2 Å². The molecule has 0 aliphatic heterocycles. The standard InChI is InChI=1S/C12H15ClN4O2S/c1-3-19-11-4-8(9(13)5-10(11)18-2)6-15-17-7-14-16-12(17)20/h4-5,7,15H,3,6H2,1-2H3,(H,16,20). The molecular weight excluding hydrogens is 300 g/mol. The second kappa shape index (κ2) is 6.62. The van der Waals surface area contributed by atoms with Crippen molar-refractivity contribution in [2.45, 2.75) is 13.5 Å². The molecule has 2 aromatic rings. The molecule has 0 radical (unpaired) electrons. The molecule has 108 valence electrons. The Morgan fingerprint density at radius 3 is 2.85 bits per heavy atom. The van der Waals surface area contributed by atoms with Crippen molar-refractivity contribution < 1.29 is 9.47 Å². The zero-order valence-corrected chi connectivity index (χ0v) is 12.7. The van der Waals surface area contributed by atoms with Crippen LogP contribution in [0.5, 0.6) is 11.5 Å². The van der Waals surface area contributed by atoms with Crippen LogP contribution >= 0.6 is 23.8 Å². The number of benzene rings is 1. The number of hydrogen-bond donors (Lipinski definition) is 2. The fraction of sp³-hybridized carbons (Fsp3) is 0.333. The summed E-state index contributed by atoms with van der Waals surface area (Å²) in [4.78, 5) is 0. The molecule has 1 aromatic heterocycles. The van der Waals surface area contributed by atoms with Gasteiger partial charge in [0.2, 0.25) is 4.77 Å². The first-order valence-electron chi connectivity index (χ1n) is 6.00. The van der Waals surface area contributed by atoms with Crippen molar-refractivity contribution in [3.05, 3.63) is 33.8 Å². The van der Waals surface area contributed by atoms with Crippen LogP contribution in [-0.2, 0) is 6.54 Å². The van der Waals surface area contributed by atoms with E-state index >= 15 is 0 Å². The molecule has 0 amide bonds. The molecule has 0 unspecified atom stereocenters. The number of ether oxygens (including phenoxy) is 2. The molecule has 6 nitrogen and oxygen atoms in total. The van der Waals surface area contributed by atoms with Gasteiger partial charge in [-0.15, -0.1) is 0 Å². The van der Waals surface area contributed by atoms with Gasteiger partial charge in [-0.1, -0.05) is 11.6 Å². The monoisotopic (exact) mass is 314 g/mol. The van der Waals surface area contributed by atoms with Crippen LogP contribution in [0.3, 0.4) is 0 Å². The van der Waals surface area contributed by atoms with Crippen LogP contribution in [0.1, 0.15) is 12.5 Å². The van der Waals surface area contributed by atoms with Crippen LogP contribution in [0.2, 0.25) is 5.02 Å². The predicted octanol–water partition coefficient (Wildman–Crippen LogP) is 2.75. The van der Waals surface area contributed by atoms with Gasteiger partial charge in [0.25, 0.3) is 0 Å². The molecular formula is C12H15ClN4O2S. The molecule has 0 bridgehead atoms. The number of aromatic amines is 1. The average Bonchev–Trinajstić information content (AvgIpc) is 2.84. The van der Waals surface area contributed by atoms with Crippen LogP contribution < -0.4 is 14.9 Å². The van der Waals surface area contributed by atoms with E-state index in [-0.39, 0.29) is 0 Å². The summed E-state index contributed by atoms with van der Waals surface area (Å²) in [6.07, 6.45) is 1.56. The largest absolute Gasteiger partial charge is 0.493 e. The van der Waals surface area contributed by atoms with E-state index in [0.29, 0.717) is 34.4 Å². The number of rotatable bonds is 6. The highest BCUT2D eigenvalue weighted by molar-refractivity contribution is 7.71. The van der Waals surface area contributed by atoms with Crippen molar-refractivity contribution in [2.75, 3.05) is 19.1 Å². The summed E-state index contributed by atoms with van der Waals surface area (Å²) in [5.41, 5.74) is 3.97. The molecule has 2 N–H and O–H groups in total. The van der Waals surface area contributed by atoms with Gasteiger partial charge in [-0.25, -0.2) is 4.68 Å². The van der Waals surface area contributed by atoms with Gasteiger partial charge in [0.1, 0.15) is 6.33 Å². The minimum atomic E-state index is 0.483. The third-order valence-electron chi connectivity index (χ3n) is 2.62. The van der Waals surface area contributed by atoms with Crippen LogP contribution in [0.25, 0.3) is 0 Å². The normalized spacial score (nSPS) is 10.3. The lowest BCUT2D eigenvalue weighted by Crippen LogP contribution is -2.13. The Morgan fingerprint density at radius 1 is 1.45 bits per heavy atom. The van der Waals surface area contributed by atoms with Crippen molar-refractivity contribution in [3.8, 4) is 11.5 Å². The molecule has 0 saturated heterocycles. The summed E-state index contributed by atoms with van der Waals surface area (Å²) in [6.45, 7) is 2.95. The Morgan fingerprint density at radius 2 is 2.25 bits per heavy atom. The van der Waals surface area contributed by atoms with Crippen molar-refractivity contribution in [3.63, 3.8) is 0 Å². The van der Waals surface area contributed by atoms with Gasteiger partial charge in [0, 0.05) is 11.1 Å². The lowest BCUT2D eigenvalue weighted by atomic mass is 10.2. The van der Waals surface area contributed by atoms with Gasteiger partial charge in [-0.05, 0) is 30.8 Å². The van der Waals surface area contributed by atoms with E-state index in [0.717, 1.165) is 5.56 Å². The summed E-state index contributed by atoms with van der Waals surface area (Å²) in [7, 11) is 1.58. The minimum absolute atomic E-state index is 0.483. The van der Waals surface area contributed by atoms with Gasteiger partial charge in [0.05, 0.1) is 20.3 Å². The molecule has 0 atom stereocenters. The zero-order valence-electron chi connectivity index (χ0n) is 11.1. The lowest BCUT2D eigenvalue weighted by molar-refractivity contribution is 0.310. The van der Waals surface area contributed by atoms with Crippen molar-refractivity contribution in [1.29, 1.82) is 0 Å². The van der Waals surface area contributed by atoms with Gasteiger partial charge >= 0.3 is 0 Å². The molecule has 20 heavy (non-hydrogen) atoms. The summed E-state index contributed by atoms with van der Waals surface area (Å²) >= 11 is 11.3. The molecule has 1 heterocycles. The number of methoxy groups -OCH3 is 1. The van der Waals surface area contributed by atoms with E-state index in [2.05, 4.69) is 15.6 Å². The molecule has 1 aromatic carbocycles. The SMILES string of the molecule is CCOc1cc(CNn2cn[nH]c2=S)c(Cl)cc1OC. The quantitative estimate of drug-likeness (QED) is 0.803. The molecule has 0 saturated carbocycles. The first-order valence-corrected chi connectivity index (χ1v) is 6.79. The average molecular weight is 315 g/mol. The number of hydrogen-bond acceptors (Lipinski definition) is 5. The fourth-order valence-corrected chi connectivity index (χ4v) is 2.06. The van der Waals surface area contributed by atoms with Crippen LogP contribution in [-0.4, -0.2) is 28.6 Å². The van der Waals surface area contributed by atoms with Crippen molar-refractivity contribution in [1.82, 2.24) is 14.9 Å².